The number of hydrogen-bond acceptors (Lipinski definition) is 3. The molecule has 0 spiro atoms. The van der Waals surface area contributed by atoms with Crippen LogP contribution < -0.4 is 5.32 Å². The molecule has 1 aliphatic heterocycles. The Hall–Kier alpha value is -2.14. The Morgan fingerprint density at radius 1 is 0.947 bits per heavy atom. The number of aliphatic carboxylic acids is 2. The van der Waals surface area contributed by atoms with Crippen LogP contribution >= 0.6 is 0 Å². The van der Waals surface area contributed by atoms with Gasteiger partial charge < -0.3 is 15.5 Å². The zero-order valence-electron chi connectivity index (χ0n) is 10.5. The number of nitrogens with one attached hydrogen (secondary N) is 1. The summed E-state index contributed by atoms with van der Waals surface area (Å²) >= 11 is 0. The monoisotopic (exact) mass is 263 g/mol. The number of carboxylic acid groups (broad SMARTS) is 2. The Labute approximate surface area is 111 Å². The quantitative estimate of drug-likeness (QED) is 0.695. The van der Waals surface area contributed by atoms with Gasteiger partial charge in [0.05, 0.1) is 0 Å². The molecule has 102 valence electrons. The van der Waals surface area contributed by atoms with Gasteiger partial charge in [-0.15, -0.1) is 0 Å². The first kappa shape index (κ1) is 14.9. The second kappa shape index (κ2) is 8.05. The van der Waals surface area contributed by atoms with Gasteiger partial charge in [-0.2, -0.15) is 0 Å². The zero-order chi connectivity index (χ0) is 14.1. The minimum Gasteiger partial charge on any atom is -0.478 e. The summed E-state index contributed by atoms with van der Waals surface area (Å²) in [6, 6.07) is 8.74. The van der Waals surface area contributed by atoms with Crippen molar-refractivity contribution in [3.63, 3.8) is 0 Å². The number of hydrogen-bond donors (Lipinski definition) is 3. The van der Waals surface area contributed by atoms with Crippen LogP contribution in [-0.2, 0) is 22.4 Å². The maximum atomic E-state index is 9.55. The molecular formula is C14H17NO4. The van der Waals surface area contributed by atoms with Crippen molar-refractivity contribution in [2.75, 3.05) is 13.1 Å². The van der Waals surface area contributed by atoms with E-state index in [0.717, 1.165) is 13.1 Å². The summed E-state index contributed by atoms with van der Waals surface area (Å²) in [6.07, 6.45) is 3.50. The largest absolute Gasteiger partial charge is 0.478 e. The van der Waals surface area contributed by atoms with Gasteiger partial charge in [0.1, 0.15) is 0 Å². The number of benzene rings is 1. The number of carboxylic acids is 2. The molecular weight excluding hydrogens is 246 g/mol. The molecule has 1 aromatic carbocycles. The van der Waals surface area contributed by atoms with Gasteiger partial charge in [0.25, 0.3) is 0 Å². The topological polar surface area (TPSA) is 86.6 Å². The van der Waals surface area contributed by atoms with Crippen molar-refractivity contribution >= 4 is 11.9 Å². The van der Waals surface area contributed by atoms with Gasteiger partial charge in [-0.1, -0.05) is 24.3 Å². The standard InChI is InChI=1S/C10H13N.C4H4O4/c1-2-4-10-6-8-11-7-5-9(10)3-1;5-3(6)1-2-4(7)8/h1-4,11H,5-8H2;1-2H,(H,5,6)(H,7,8)/b;2-1+. The van der Waals surface area contributed by atoms with Crippen LogP contribution in [-0.4, -0.2) is 35.2 Å². The highest BCUT2D eigenvalue weighted by Gasteiger charge is 2.04. The van der Waals surface area contributed by atoms with Crippen molar-refractivity contribution in [2.24, 2.45) is 0 Å². The van der Waals surface area contributed by atoms with Crippen LogP contribution in [0.15, 0.2) is 36.4 Å². The summed E-state index contributed by atoms with van der Waals surface area (Å²) in [6.45, 7) is 2.27. The average molecular weight is 263 g/mol. The first-order chi connectivity index (χ1) is 9.09. The van der Waals surface area contributed by atoms with E-state index in [9.17, 15) is 9.59 Å². The molecule has 1 aliphatic rings. The lowest BCUT2D eigenvalue weighted by Crippen LogP contribution is -2.16. The Morgan fingerprint density at radius 3 is 1.74 bits per heavy atom. The lowest BCUT2D eigenvalue weighted by Gasteiger charge is -2.01. The van der Waals surface area contributed by atoms with E-state index >= 15 is 0 Å². The molecule has 0 fully saturated rings. The predicted molar refractivity (Wildman–Crippen MR) is 71.1 cm³/mol. The lowest BCUT2D eigenvalue weighted by atomic mass is 10.0. The molecule has 0 atom stereocenters. The van der Waals surface area contributed by atoms with E-state index in [1.54, 1.807) is 0 Å². The van der Waals surface area contributed by atoms with Crippen LogP contribution in [0, 0.1) is 0 Å². The van der Waals surface area contributed by atoms with Crippen molar-refractivity contribution in [3.05, 3.63) is 47.5 Å². The molecule has 0 saturated carbocycles. The first-order valence-electron chi connectivity index (χ1n) is 6.01. The van der Waals surface area contributed by atoms with E-state index in [1.807, 2.05) is 0 Å². The third kappa shape index (κ3) is 6.38. The van der Waals surface area contributed by atoms with E-state index in [1.165, 1.54) is 24.0 Å². The number of carbonyl (C=O) groups is 2. The molecule has 0 aromatic heterocycles. The highest BCUT2D eigenvalue weighted by atomic mass is 16.4. The van der Waals surface area contributed by atoms with Crippen molar-refractivity contribution in [3.8, 4) is 0 Å². The summed E-state index contributed by atoms with van der Waals surface area (Å²) in [7, 11) is 0. The summed E-state index contributed by atoms with van der Waals surface area (Å²) in [5.41, 5.74) is 3.05. The molecule has 0 radical (unpaired) electrons. The van der Waals surface area contributed by atoms with Crippen molar-refractivity contribution in [2.45, 2.75) is 12.8 Å². The molecule has 2 rings (SSSR count). The van der Waals surface area contributed by atoms with Crippen LogP contribution in [0.5, 0.6) is 0 Å². The Kier molecular flexibility index (Phi) is 6.32. The summed E-state index contributed by atoms with van der Waals surface area (Å²) < 4.78 is 0. The van der Waals surface area contributed by atoms with Gasteiger partial charge in [-0.25, -0.2) is 9.59 Å². The average Bonchev–Trinajstić information content (AvgIpc) is 2.62. The van der Waals surface area contributed by atoms with Gasteiger partial charge in [-0.3, -0.25) is 0 Å². The number of rotatable bonds is 2. The molecule has 0 amide bonds. The Bertz CT molecular complexity index is 427. The zero-order valence-corrected chi connectivity index (χ0v) is 10.5. The van der Waals surface area contributed by atoms with Gasteiger partial charge in [-0.05, 0) is 37.1 Å². The minimum absolute atomic E-state index is 0.558. The summed E-state index contributed by atoms with van der Waals surface area (Å²) in [4.78, 5) is 19.1. The molecule has 0 bridgehead atoms. The molecule has 1 heterocycles. The van der Waals surface area contributed by atoms with Crippen LogP contribution in [0.25, 0.3) is 0 Å². The molecule has 5 heteroatoms. The molecule has 1 aromatic rings. The third-order valence-corrected chi connectivity index (χ3v) is 2.63. The van der Waals surface area contributed by atoms with E-state index in [2.05, 4.69) is 29.6 Å². The summed E-state index contributed by atoms with van der Waals surface area (Å²) in [5.74, 6) is -2.51. The van der Waals surface area contributed by atoms with Crippen LogP contribution in [0.2, 0.25) is 0 Å². The van der Waals surface area contributed by atoms with Crippen LogP contribution in [0.4, 0.5) is 0 Å². The van der Waals surface area contributed by atoms with E-state index in [4.69, 9.17) is 10.2 Å². The highest BCUT2D eigenvalue weighted by molar-refractivity contribution is 5.89. The molecule has 3 N–H and O–H groups in total. The maximum Gasteiger partial charge on any atom is 0.328 e. The van der Waals surface area contributed by atoms with Crippen molar-refractivity contribution in [1.82, 2.24) is 5.32 Å². The Morgan fingerprint density at radius 2 is 1.37 bits per heavy atom. The fourth-order valence-corrected chi connectivity index (χ4v) is 1.76. The van der Waals surface area contributed by atoms with Crippen molar-refractivity contribution < 1.29 is 19.8 Å². The second-order valence-corrected chi connectivity index (χ2v) is 4.03. The molecule has 0 unspecified atom stereocenters. The first-order valence-corrected chi connectivity index (χ1v) is 6.01. The van der Waals surface area contributed by atoms with E-state index in [-0.39, 0.29) is 0 Å². The molecule has 0 aliphatic carbocycles. The van der Waals surface area contributed by atoms with Crippen molar-refractivity contribution in [1.29, 1.82) is 0 Å². The Balaban J connectivity index is 0.000000203. The second-order valence-electron chi connectivity index (χ2n) is 4.03. The third-order valence-electron chi connectivity index (χ3n) is 2.63. The normalized spacial score (nSPS) is 13.9. The number of fused-ring (bicyclic) bond motifs is 1. The maximum absolute atomic E-state index is 9.55. The van der Waals surface area contributed by atoms with E-state index in [0.29, 0.717) is 12.2 Å². The van der Waals surface area contributed by atoms with E-state index < -0.39 is 11.9 Å². The lowest BCUT2D eigenvalue weighted by molar-refractivity contribution is -0.134. The fraction of sp³-hybridized carbons (Fsp3) is 0.286. The van der Waals surface area contributed by atoms with Gasteiger partial charge in [0, 0.05) is 12.2 Å². The SMILES string of the molecule is O=C(O)/C=C/C(=O)O.c1ccc2c(c1)CCNCC2. The van der Waals surface area contributed by atoms with Gasteiger partial charge >= 0.3 is 11.9 Å². The van der Waals surface area contributed by atoms with Gasteiger partial charge in [0.2, 0.25) is 0 Å². The molecule has 19 heavy (non-hydrogen) atoms. The minimum atomic E-state index is -1.26. The fourth-order valence-electron chi connectivity index (χ4n) is 1.76. The molecule has 0 saturated heterocycles. The predicted octanol–water partition coefficient (Wildman–Crippen LogP) is 1.09. The van der Waals surface area contributed by atoms with Gasteiger partial charge in [0.15, 0.2) is 0 Å². The van der Waals surface area contributed by atoms with Crippen LogP contribution in [0.1, 0.15) is 11.1 Å². The van der Waals surface area contributed by atoms with Crippen LogP contribution in [0.3, 0.4) is 0 Å². The summed E-state index contributed by atoms with van der Waals surface area (Å²) in [5, 5.41) is 19.0. The highest BCUT2D eigenvalue weighted by Crippen LogP contribution is 2.11. The molecule has 5 nitrogen and oxygen atoms in total. The smallest absolute Gasteiger partial charge is 0.328 e.